The molecule has 0 radical (unpaired) electrons. The summed E-state index contributed by atoms with van der Waals surface area (Å²) in [5.41, 5.74) is 15.7. The van der Waals surface area contributed by atoms with Crippen LogP contribution in [0.15, 0.2) is 63.5 Å². The van der Waals surface area contributed by atoms with Gasteiger partial charge in [-0.15, -0.1) is 0 Å². The predicted octanol–water partition coefficient (Wildman–Crippen LogP) is 1.57. The Bertz CT molecular complexity index is 832. The smallest absolute Gasteiger partial charge is 0.164 e. The van der Waals surface area contributed by atoms with Crippen LogP contribution in [0.4, 0.5) is 0 Å². The number of nitrogens with zero attached hydrogens (tertiary/aromatic N) is 3. The Morgan fingerprint density at radius 3 is 2.38 bits per heavy atom. The van der Waals surface area contributed by atoms with Crippen LogP contribution in [0.25, 0.3) is 0 Å². The number of benzene rings is 2. The Morgan fingerprint density at radius 2 is 1.57 bits per heavy atom. The van der Waals surface area contributed by atoms with Gasteiger partial charge in [0.25, 0.3) is 0 Å². The number of hydrogen-bond acceptors (Lipinski definition) is 4. The van der Waals surface area contributed by atoms with Gasteiger partial charge in [-0.2, -0.15) is 0 Å². The van der Waals surface area contributed by atoms with E-state index in [2.05, 4.69) is 15.0 Å². The zero-order valence-corrected chi connectivity index (χ0v) is 11.2. The third-order valence-corrected chi connectivity index (χ3v) is 3.66. The van der Waals surface area contributed by atoms with E-state index in [-0.39, 0.29) is 6.17 Å². The van der Waals surface area contributed by atoms with Crippen molar-refractivity contribution in [2.75, 3.05) is 0 Å². The molecule has 0 aliphatic carbocycles. The number of nitrogens with two attached hydrogens (primary N) is 2. The summed E-state index contributed by atoms with van der Waals surface area (Å²) in [5, 5.41) is 0. The van der Waals surface area contributed by atoms with Crippen molar-refractivity contribution in [1.29, 1.82) is 0 Å². The Morgan fingerprint density at radius 1 is 0.905 bits per heavy atom. The van der Waals surface area contributed by atoms with Crippen molar-refractivity contribution >= 4 is 17.5 Å². The van der Waals surface area contributed by atoms with E-state index in [1.54, 1.807) is 0 Å². The maximum Gasteiger partial charge on any atom is 0.164 e. The molecule has 4 N–H and O–H groups in total. The summed E-state index contributed by atoms with van der Waals surface area (Å²) in [4.78, 5) is 13.3. The normalized spacial score (nSPS) is 21.0. The van der Waals surface area contributed by atoms with Gasteiger partial charge in [-0.1, -0.05) is 48.5 Å². The molecule has 5 heteroatoms. The van der Waals surface area contributed by atoms with E-state index in [1.807, 2.05) is 48.5 Å². The van der Waals surface area contributed by atoms with Crippen molar-refractivity contribution in [3.63, 3.8) is 0 Å². The van der Waals surface area contributed by atoms with Crippen molar-refractivity contribution in [1.82, 2.24) is 0 Å². The van der Waals surface area contributed by atoms with E-state index in [0.717, 1.165) is 22.3 Å². The van der Waals surface area contributed by atoms with Gasteiger partial charge in [0, 0.05) is 22.3 Å². The van der Waals surface area contributed by atoms with Crippen LogP contribution in [-0.4, -0.2) is 17.5 Å². The van der Waals surface area contributed by atoms with Gasteiger partial charge < -0.3 is 11.5 Å². The molecule has 0 bridgehead atoms. The third kappa shape index (κ3) is 1.79. The zero-order chi connectivity index (χ0) is 14.4. The fraction of sp³-hybridized carbons (Fsp3) is 0.0625. The highest BCUT2D eigenvalue weighted by Crippen LogP contribution is 2.27. The summed E-state index contributed by atoms with van der Waals surface area (Å²) in [6.45, 7) is 0. The van der Waals surface area contributed by atoms with Crippen LogP contribution < -0.4 is 11.5 Å². The monoisotopic (exact) mass is 275 g/mol. The number of fused-ring (bicyclic) bond motifs is 2. The van der Waals surface area contributed by atoms with E-state index in [0.29, 0.717) is 17.5 Å². The molecule has 0 saturated carbocycles. The van der Waals surface area contributed by atoms with Crippen LogP contribution in [-0.2, 0) is 0 Å². The first-order chi connectivity index (χ1) is 10.2. The lowest BCUT2D eigenvalue weighted by molar-refractivity contribution is 0.795. The fourth-order valence-corrected chi connectivity index (χ4v) is 2.64. The minimum absolute atomic E-state index is 0.362. The van der Waals surface area contributed by atoms with Crippen molar-refractivity contribution in [2.24, 2.45) is 26.4 Å². The Labute approximate surface area is 121 Å². The van der Waals surface area contributed by atoms with Gasteiger partial charge >= 0.3 is 0 Å². The van der Waals surface area contributed by atoms with Crippen molar-refractivity contribution in [2.45, 2.75) is 6.17 Å². The number of aliphatic imine (C=N–C) groups is 3. The van der Waals surface area contributed by atoms with Gasteiger partial charge in [0.1, 0.15) is 12.0 Å². The molecule has 2 heterocycles. The lowest BCUT2D eigenvalue weighted by atomic mass is 10.1. The first-order valence-corrected chi connectivity index (χ1v) is 6.69. The van der Waals surface area contributed by atoms with E-state index >= 15 is 0 Å². The van der Waals surface area contributed by atoms with Crippen LogP contribution in [0, 0.1) is 0 Å². The molecule has 0 amide bonds. The van der Waals surface area contributed by atoms with Gasteiger partial charge in [0.15, 0.2) is 11.7 Å². The molecule has 5 nitrogen and oxygen atoms in total. The third-order valence-electron chi connectivity index (χ3n) is 3.66. The Kier molecular flexibility index (Phi) is 2.49. The van der Waals surface area contributed by atoms with Gasteiger partial charge in [0.05, 0.1) is 0 Å². The highest BCUT2D eigenvalue weighted by Gasteiger charge is 2.24. The van der Waals surface area contributed by atoms with Gasteiger partial charge in [0.2, 0.25) is 0 Å². The van der Waals surface area contributed by atoms with Crippen LogP contribution >= 0.6 is 0 Å². The Balaban J connectivity index is 1.83. The topological polar surface area (TPSA) is 89.1 Å². The molecule has 102 valence electrons. The SMILES string of the molecule is NC1=NC(=NC2=NC(N)c3ccccc32)c2ccccc21. The van der Waals surface area contributed by atoms with E-state index < -0.39 is 0 Å². The molecule has 21 heavy (non-hydrogen) atoms. The van der Waals surface area contributed by atoms with Gasteiger partial charge in [-0.3, -0.25) is 0 Å². The molecule has 2 aliphatic rings. The molecule has 4 rings (SSSR count). The summed E-state index contributed by atoms with van der Waals surface area (Å²) >= 11 is 0. The standard InChI is InChI=1S/C16H13N5/c17-13-9-5-1-3-7-11(9)15(19-13)21-16-12-8-4-2-6-10(12)14(18)20-16/h1-8,13H,17H2,(H2,18,19,20,21). The summed E-state index contributed by atoms with van der Waals surface area (Å²) in [5.74, 6) is 1.69. The molecule has 0 fully saturated rings. The summed E-state index contributed by atoms with van der Waals surface area (Å²) in [6, 6.07) is 15.6. The molecule has 2 aromatic carbocycles. The van der Waals surface area contributed by atoms with E-state index in [4.69, 9.17) is 11.5 Å². The largest absolute Gasteiger partial charge is 0.383 e. The zero-order valence-electron chi connectivity index (χ0n) is 11.2. The number of amidine groups is 3. The van der Waals surface area contributed by atoms with Gasteiger partial charge in [-0.05, 0) is 0 Å². The number of hydrogen-bond donors (Lipinski definition) is 2. The average molecular weight is 275 g/mol. The lowest BCUT2D eigenvalue weighted by Gasteiger charge is -2.01. The maximum atomic E-state index is 6.02. The van der Waals surface area contributed by atoms with Crippen LogP contribution in [0.1, 0.15) is 28.4 Å². The van der Waals surface area contributed by atoms with Crippen LogP contribution in [0.3, 0.4) is 0 Å². The molecule has 1 atom stereocenters. The molecular formula is C16H13N5. The minimum Gasteiger partial charge on any atom is -0.383 e. The molecule has 0 spiro atoms. The summed E-state index contributed by atoms with van der Waals surface area (Å²) in [6.07, 6.45) is -0.362. The van der Waals surface area contributed by atoms with Crippen LogP contribution in [0.5, 0.6) is 0 Å². The van der Waals surface area contributed by atoms with Crippen LogP contribution in [0.2, 0.25) is 0 Å². The average Bonchev–Trinajstić information content (AvgIpc) is 3.00. The first-order valence-electron chi connectivity index (χ1n) is 6.69. The van der Waals surface area contributed by atoms with Crippen molar-refractivity contribution < 1.29 is 0 Å². The van der Waals surface area contributed by atoms with E-state index in [9.17, 15) is 0 Å². The predicted molar refractivity (Wildman–Crippen MR) is 83.6 cm³/mol. The Hall–Kier alpha value is -2.79. The molecular weight excluding hydrogens is 262 g/mol. The second-order valence-corrected chi connectivity index (χ2v) is 4.96. The molecule has 2 aromatic rings. The highest BCUT2D eigenvalue weighted by molar-refractivity contribution is 6.25. The molecule has 0 saturated heterocycles. The van der Waals surface area contributed by atoms with E-state index in [1.165, 1.54) is 0 Å². The summed E-state index contributed by atoms with van der Waals surface area (Å²) in [7, 11) is 0. The molecule has 0 aromatic heterocycles. The van der Waals surface area contributed by atoms with Crippen molar-refractivity contribution in [3.05, 3.63) is 70.8 Å². The summed E-state index contributed by atoms with van der Waals surface area (Å²) < 4.78 is 0. The molecule has 1 unspecified atom stereocenters. The second kappa shape index (κ2) is 4.36. The minimum atomic E-state index is -0.362. The van der Waals surface area contributed by atoms with Gasteiger partial charge in [-0.25, -0.2) is 15.0 Å². The molecule has 2 aliphatic heterocycles. The first kappa shape index (κ1) is 12.0. The number of rotatable bonds is 0. The lowest BCUT2D eigenvalue weighted by Crippen LogP contribution is -2.09. The fourth-order valence-electron chi connectivity index (χ4n) is 2.64. The maximum absolute atomic E-state index is 6.02. The quantitative estimate of drug-likeness (QED) is 0.764. The second-order valence-electron chi connectivity index (χ2n) is 4.96. The van der Waals surface area contributed by atoms with Crippen molar-refractivity contribution in [3.8, 4) is 0 Å². The highest BCUT2D eigenvalue weighted by atomic mass is 15.1.